The molecular formula is C27H35N3O5. The number of nitrogens with one attached hydrogen (secondary N) is 2. The molecule has 0 radical (unpaired) electrons. The molecule has 2 aromatic carbocycles. The summed E-state index contributed by atoms with van der Waals surface area (Å²) in [6.45, 7) is 6.64. The van der Waals surface area contributed by atoms with E-state index in [4.69, 9.17) is 9.47 Å². The standard InChI is InChI=1S/C16H20N2O3.C11H15NO2/c1-12(19)7-8-15(17-2)13-5-4-6-14(11-13)16(20)18-9-10-21-3;1-3-9-6-5-7-10(8-9)12-11(13)14-4-2/h4-8,11H,9-10H2,1-3H3,(H,18,20);5-8H,3-4H2,1-2H3,(H,12,13)/b8-7-,17-15?;. The predicted octanol–water partition coefficient (Wildman–Crippen LogP) is 4.44. The van der Waals surface area contributed by atoms with Crippen LogP contribution in [-0.4, -0.2) is 57.4 Å². The second-order valence-corrected chi connectivity index (χ2v) is 7.28. The number of carbonyl (C=O) groups excluding carboxylic acids is 3. The van der Waals surface area contributed by atoms with Crippen molar-refractivity contribution in [2.45, 2.75) is 27.2 Å². The lowest BCUT2D eigenvalue weighted by Gasteiger charge is -2.06. The summed E-state index contributed by atoms with van der Waals surface area (Å²) in [5, 5.41) is 5.41. The van der Waals surface area contributed by atoms with Crippen molar-refractivity contribution in [1.29, 1.82) is 0 Å². The number of allylic oxidation sites excluding steroid dienone is 2. The summed E-state index contributed by atoms with van der Waals surface area (Å²) in [5.41, 5.74) is 3.95. The van der Waals surface area contributed by atoms with Gasteiger partial charge in [0, 0.05) is 37.5 Å². The van der Waals surface area contributed by atoms with Gasteiger partial charge in [0.2, 0.25) is 0 Å². The molecule has 2 N–H and O–H groups in total. The fourth-order valence-electron chi connectivity index (χ4n) is 2.84. The monoisotopic (exact) mass is 481 g/mol. The number of ketones is 1. The van der Waals surface area contributed by atoms with Crippen molar-refractivity contribution in [2.75, 3.05) is 39.2 Å². The summed E-state index contributed by atoms with van der Waals surface area (Å²) in [7, 11) is 3.23. The van der Waals surface area contributed by atoms with Crippen molar-refractivity contribution in [3.05, 3.63) is 77.4 Å². The summed E-state index contributed by atoms with van der Waals surface area (Å²) >= 11 is 0. The molecule has 0 saturated heterocycles. The zero-order chi connectivity index (χ0) is 26.1. The molecule has 0 aromatic heterocycles. The molecule has 8 nitrogen and oxygen atoms in total. The van der Waals surface area contributed by atoms with Gasteiger partial charge in [-0.2, -0.15) is 0 Å². The number of hydrogen-bond acceptors (Lipinski definition) is 6. The van der Waals surface area contributed by atoms with Crippen molar-refractivity contribution >= 4 is 29.2 Å². The molecule has 0 unspecified atom stereocenters. The third-order valence-electron chi connectivity index (χ3n) is 4.59. The Kier molecular flexibility index (Phi) is 14.0. The summed E-state index contributed by atoms with van der Waals surface area (Å²) in [4.78, 5) is 38.2. The quantitative estimate of drug-likeness (QED) is 0.296. The van der Waals surface area contributed by atoms with Crippen molar-refractivity contribution in [2.24, 2.45) is 4.99 Å². The van der Waals surface area contributed by atoms with Crippen LogP contribution in [0, 0.1) is 0 Å². The SMILES string of the molecule is CCOC(=O)Nc1cccc(CC)c1.CN=C(/C=C\C(C)=O)c1cccc(C(=O)NCCOC)c1. The molecule has 0 fully saturated rings. The number of methoxy groups -OCH3 is 1. The van der Waals surface area contributed by atoms with Gasteiger partial charge in [0.25, 0.3) is 5.91 Å². The summed E-state index contributed by atoms with van der Waals surface area (Å²) in [6, 6.07) is 14.8. The molecule has 0 saturated carbocycles. The third kappa shape index (κ3) is 11.8. The van der Waals surface area contributed by atoms with Gasteiger partial charge in [0.15, 0.2) is 5.78 Å². The van der Waals surface area contributed by atoms with Gasteiger partial charge in [-0.3, -0.25) is 19.9 Å². The van der Waals surface area contributed by atoms with Crippen LogP contribution in [0.1, 0.15) is 42.3 Å². The lowest BCUT2D eigenvalue weighted by Crippen LogP contribution is -2.27. The molecule has 0 spiro atoms. The molecule has 0 heterocycles. The molecule has 35 heavy (non-hydrogen) atoms. The molecule has 0 aliphatic carbocycles. The van der Waals surface area contributed by atoms with E-state index in [2.05, 4.69) is 22.5 Å². The minimum absolute atomic E-state index is 0.0513. The number of aliphatic imine (C=N–C) groups is 1. The number of ether oxygens (including phenoxy) is 2. The zero-order valence-electron chi connectivity index (χ0n) is 21.1. The molecule has 0 aliphatic rings. The van der Waals surface area contributed by atoms with E-state index >= 15 is 0 Å². The highest BCUT2D eigenvalue weighted by molar-refractivity contribution is 6.12. The summed E-state index contributed by atoms with van der Waals surface area (Å²) in [5.74, 6) is -0.218. The summed E-state index contributed by atoms with van der Waals surface area (Å²) < 4.78 is 9.66. The maximum Gasteiger partial charge on any atom is 0.411 e. The van der Waals surface area contributed by atoms with E-state index in [0.29, 0.717) is 31.0 Å². The van der Waals surface area contributed by atoms with E-state index in [1.165, 1.54) is 18.6 Å². The Morgan fingerprint density at radius 1 is 1.00 bits per heavy atom. The highest BCUT2D eigenvalue weighted by Crippen LogP contribution is 2.11. The largest absolute Gasteiger partial charge is 0.450 e. The van der Waals surface area contributed by atoms with E-state index in [1.54, 1.807) is 45.4 Å². The molecule has 8 heteroatoms. The first-order valence-electron chi connectivity index (χ1n) is 11.4. The van der Waals surface area contributed by atoms with E-state index in [9.17, 15) is 14.4 Å². The van der Waals surface area contributed by atoms with E-state index < -0.39 is 6.09 Å². The second kappa shape index (κ2) is 16.8. The highest BCUT2D eigenvalue weighted by atomic mass is 16.5. The lowest BCUT2D eigenvalue weighted by molar-refractivity contribution is -0.112. The number of rotatable bonds is 10. The van der Waals surface area contributed by atoms with Crippen molar-refractivity contribution in [3.8, 4) is 0 Å². The Morgan fingerprint density at radius 2 is 1.71 bits per heavy atom. The number of carbonyl (C=O) groups is 3. The molecule has 2 rings (SSSR count). The van der Waals surface area contributed by atoms with Gasteiger partial charge in [-0.25, -0.2) is 4.79 Å². The molecule has 0 aliphatic heterocycles. The Hall–Kier alpha value is -3.78. The minimum Gasteiger partial charge on any atom is -0.450 e. The van der Waals surface area contributed by atoms with Crippen LogP contribution >= 0.6 is 0 Å². The first kappa shape index (κ1) is 29.3. The Labute approximate surface area is 207 Å². The zero-order valence-corrected chi connectivity index (χ0v) is 21.1. The van der Waals surface area contributed by atoms with Crippen molar-refractivity contribution in [1.82, 2.24) is 5.32 Å². The van der Waals surface area contributed by atoms with Crippen LogP contribution < -0.4 is 10.6 Å². The number of amides is 2. The first-order valence-corrected chi connectivity index (χ1v) is 11.4. The van der Waals surface area contributed by atoms with Crippen LogP contribution in [0.15, 0.2) is 65.7 Å². The molecule has 0 atom stereocenters. The van der Waals surface area contributed by atoms with Gasteiger partial charge in [-0.1, -0.05) is 31.2 Å². The Balaban J connectivity index is 0.000000379. The number of aryl methyl sites for hydroxylation is 1. The van der Waals surface area contributed by atoms with Crippen LogP contribution in [0.5, 0.6) is 0 Å². The van der Waals surface area contributed by atoms with E-state index in [1.807, 2.05) is 30.3 Å². The first-order chi connectivity index (χ1) is 16.8. The van der Waals surface area contributed by atoms with Gasteiger partial charge in [0.05, 0.1) is 18.9 Å². The fraction of sp³-hybridized carbons (Fsp3) is 0.333. The Bertz CT molecular complexity index is 1030. The van der Waals surface area contributed by atoms with Gasteiger partial charge in [-0.15, -0.1) is 0 Å². The van der Waals surface area contributed by atoms with Crippen molar-refractivity contribution in [3.63, 3.8) is 0 Å². The predicted molar refractivity (Wildman–Crippen MR) is 139 cm³/mol. The number of hydrogen-bond donors (Lipinski definition) is 2. The van der Waals surface area contributed by atoms with Crippen LogP contribution in [0.4, 0.5) is 10.5 Å². The smallest absolute Gasteiger partial charge is 0.411 e. The molecular weight excluding hydrogens is 446 g/mol. The molecule has 2 amide bonds. The van der Waals surface area contributed by atoms with Gasteiger partial charge in [-0.05, 0) is 62.2 Å². The minimum atomic E-state index is -0.402. The maximum atomic E-state index is 12.0. The van der Waals surface area contributed by atoms with Gasteiger partial charge < -0.3 is 14.8 Å². The van der Waals surface area contributed by atoms with Crippen LogP contribution in [0.2, 0.25) is 0 Å². The molecule has 2 aromatic rings. The Morgan fingerprint density at radius 3 is 2.34 bits per heavy atom. The number of anilines is 1. The topological polar surface area (TPSA) is 106 Å². The van der Waals surface area contributed by atoms with Crippen LogP contribution in [-0.2, 0) is 20.7 Å². The highest BCUT2D eigenvalue weighted by Gasteiger charge is 2.07. The fourth-order valence-corrected chi connectivity index (χ4v) is 2.84. The van der Waals surface area contributed by atoms with Gasteiger partial charge >= 0.3 is 6.09 Å². The van der Waals surface area contributed by atoms with Gasteiger partial charge in [0.1, 0.15) is 0 Å². The molecule has 0 bridgehead atoms. The molecule has 188 valence electrons. The van der Waals surface area contributed by atoms with Crippen molar-refractivity contribution < 1.29 is 23.9 Å². The number of nitrogens with zero attached hydrogens (tertiary/aromatic N) is 1. The summed E-state index contributed by atoms with van der Waals surface area (Å²) in [6.07, 6.45) is 3.65. The van der Waals surface area contributed by atoms with E-state index in [-0.39, 0.29) is 11.7 Å². The normalized spacial score (nSPS) is 10.8. The van der Waals surface area contributed by atoms with Crippen LogP contribution in [0.25, 0.3) is 0 Å². The lowest BCUT2D eigenvalue weighted by atomic mass is 10.1. The average Bonchev–Trinajstić information content (AvgIpc) is 2.85. The maximum absolute atomic E-state index is 12.0. The third-order valence-corrected chi connectivity index (χ3v) is 4.59. The average molecular weight is 482 g/mol. The number of benzene rings is 2. The van der Waals surface area contributed by atoms with E-state index in [0.717, 1.165) is 17.7 Å². The van der Waals surface area contributed by atoms with Crippen LogP contribution in [0.3, 0.4) is 0 Å². The second-order valence-electron chi connectivity index (χ2n) is 7.28.